The highest BCUT2D eigenvalue weighted by Gasteiger charge is 2.12. The largest absolute Gasteiger partial charge is 0.366 e. The summed E-state index contributed by atoms with van der Waals surface area (Å²) in [4.78, 5) is 32.2. The van der Waals surface area contributed by atoms with Crippen molar-refractivity contribution < 1.29 is 9.59 Å². The Kier molecular flexibility index (Phi) is 4.74. The Hall–Kier alpha value is -3.71. The Morgan fingerprint density at radius 2 is 1.89 bits per heavy atom. The second-order valence-corrected chi connectivity index (χ2v) is 7.00. The first-order valence-corrected chi connectivity index (χ1v) is 9.40. The summed E-state index contributed by atoms with van der Waals surface area (Å²) < 4.78 is 0. The maximum Gasteiger partial charge on any atom is 0.266 e. The zero-order valence-electron chi connectivity index (χ0n) is 14.7. The number of rotatable bonds is 5. The Labute approximate surface area is 164 Å². The van der Waals surface area contributed by atoms with Crippen LogP contribution in [0.2, 0.25) is 0 Å². The van der Waals surface area contributed by atoms with Crippen molar-refractivity contribution in [2.24, 2.45) is 5.73 Å². The Morgan fingerprint density at radius 3 is 2.61 bits per heavy atom. The van der Waals surface area contributed by atoms with Gasteiger partial charge in [-0.1, -0.05) is 36.4 Å². The molecule has 6 nitrogen and oxygen atoms in total. The van der Waals surface area contributed by atoms with Gasteiger partial charge in [0.15, 0.2) is 0 Å². The molecule has 4 N–H and O–H groups in total. The summed E-state index contributed by atoms with van der Waals surface area (Å²) in [5, 5.41) is 5.45. The summed E-state index contributed by atoms with van der Waals surface area (Å²) in [5.41, 5.74) is 8.13. The number of nitrogens with zero attached hydrogens (tertiary/aromatic N) is 1. The normalized spacial score (nSPS) is 11.5. The van der Waals surface area contributed by atoms with Crippen molar-refractivity contribution in [3.05, 3.63) is 82.2 Å². The number of hydrogen-bond acceptors (Lipinski definition) is 4. The van der Waals surface area contributed by atoms with Crippen LogP contribution in [0.1, 0.15) is 20.8 Å². The molecule has 3 heterocycles. The molecule has 0 atom stereocenters. The number of benzene rings is 1. The van der Waals surface area contributed by atoms with Crippen LogP contribution in [0.15, 0.2) is 66.2 Å². The third kappa shape index (κ3) is 3.56. The number of fused-ring (bicyclic) bond motifs is 1. The van der Waals surface area contributed by atoms with E-state index in [1.54, 1.807) is 24.4 Å². The Bertz CT molecular complexity index is 1180. The van der Waals surface area contributed by atoms with Crippen molar-refractivity contribution in [3.8, 4) is 0 Å². The van der Waals surface area contributed by atoms with Crippen LogP contribution in [0.4, 0.5) is 5.82 Å². The zero-order valence-corrected chi connectivity index (χ0v) is 15.5. The molecule has 4 rings (SSSR count). The van der Waals surface area contributed by atoms with Crippen LogP contribution < -0.4 is 11.1 Å². The van der Waals surface area contributed by atoms with E-state index in [9.17, 15) is 9.59 Å². The van der Waals surface area contributed by atoms with Crippen LogP contribution in [-0.2, 0) is 4.79 Å². The van der Waals surface area contributed by atoms with Crippen LogP contribution in [0.3, 0.4) is 0 Å². The number of carbonyl (C=O) groups excluding carboxylic acids is 2. The van der Waals surface area contributed by atoms with E-state index in [-0.39, 0.29) is 5.91 Å². The SMILES string of the molecule is NC(=O)/C(=C\c1c[nH]c2nc(NC(=O)c3cccs3)ccc12)c1ccccc1. The summed E-state index contributed by atoms with van der Waals surface area (Å²) in [6.07, 6.45) is 3.50. The van der Waals surface area contributed by atoms with Crippen molar-refractivity contribution in [1.82, 2.24) is 9.97 Å². The fourth-order valence-corrected chi connectivity index (χ4v) is 3.49. The molecular weight excluding hydrogens is 372 g/mol. The topological polar surface area (TPSA) is 101 Å². The first kappa shape index (κ1) is 17.7. The first-order chi connectivity index (χ1) is 13.6. The summed E-state index contributed by atoms with van der Waals surface area (Å²) >= 11 is 1.37. The predicted molar refractivity (Wildman–Crippen MR) is 112 cm³/mol. The number of aromatic nitrogens is 2. The van der Waals surface area contributed by atoms with Crippen molar-refractivity contribution >= 4 is 51.7 Å². The van der Waals surface area contributed by atoms with Crippen molar-refractivity contribution in [3.63, 3.8) is 0 Å². The highest BCUT2D eigenvalue weighted by atomic mass is 32.1. The molecule has 3 aromatic heterocycles. The summed E-state index contributed by atoms with van der Waals surface area (Å²) in [7, 11) is 0. The number of anilines is 1. The monoisotopic (exact) mass is 388 g/mol. The van der Waals surface area contributed by atoms with Gasteiger partial charge in [0.25, 0.3) is 5.91 Å². The van der Waals surface area contributed by atoms with Crippen molar-refractivity contribution in [2.75, 3.05) is 5.32 Å². The van der Waals surface area contributed by atoms with Crippen LogP contribution in [0, 0.1) is 0 Å². The minimum Gasteiger partial charge on any atom is -0.366 e. The van der Waals surface area contributed by atoms with E-state index in [0.717, 1.165) is 16.5 Å². The number of nitrogens with one attached hydrogen (secondary N) is 2. The molecule has 0 bridgehead atoms. The van der Waals surface area contributed by atoms with Crippen LogP contribution in [0.5, 0.6) is 0 Å². The standard InChI is InChI=1S/C21H16N4O2S/c22-19(26)16(13-5-2-1-3-6-13)11-14-12-23-20-15(14)8-9-18(24-20)25-21(27)17-7-4-10-28-17/h1-12H,(H2,22,26)(H2,23,24,25,27)/b16-11-. The van der Waals surface area contributed by atoms with Gasteiger partial charge in [0.05, 0.1) is 4.88 Å². The maximum atomic E-state index is 12.2. The van der Waals surface area contributed by atoms with Gasteiger partial charge in [-0.25, -0.2) is 4.98 Å². The fraction of sp³-hybridized carbons (Fsp3) is 0. The maximum absolute atomic E-state index is 12.2. The minimum atomic E-state index is -0.506. The number of carbonyl (C=O) groups is 2. The highest BCUT2D eigenvalue weighted by Crippen LogP contribution is 2.25. The van der Waals surface area contributed by atoms with Gasteiger partial charge >= 0.3 is 0 Å². The lowest BCUT2D eigenvalue weighted by molar-refractivity contribution is -0.112. The smallest absolute Gasteiger partial charge is 0.266 e. The molecule has 0 fully saturated rings. The lowest BCUT2D eigenvalue weighted by Crippen LogP contribution is -2.12. The van der Waals surface area contributed by atoms with E-state index < -0.39 is 5.91 Å². The number of aromatic amines is 1. The molecule has 4 aromatic rings. The lowest BCUT2D eigenvalue weighted by atomic mass is 10.0. The van der Waals surface area contributed by atoms with Gasteiger partial charge in [-0.15, -0.1) is 11.3 Å². The van der Waals surface area contributed by atoms with E-state index in [1.807, 2.05) is 47.8 Å². The quantitative estimate of drug-likeness (QED) is 0.452. The number of primary amides is 1. The molecular formula is C21H16N4O2S. The molecule has 0 saturated carbocycles. The number of nitrogens with two attached hydrogens (primary N) is 1. The van der Waals surface area contributed by atoms with Gasteiger partial charge in [0.2, 0.25) is 5.91 Å². The second-order valence-electron chi connectivity index (χ2n) is 6.06. The number of amides is 2. The molecule has 0 aliphatic carbocycles. The number of thiophene rings is 1. The van der Waals surface area contributed by atoms with E-state index in [2.05, 4.69) is 15.3 Å². The average Bonchev–Trinajstić information content (AvgIpc) is 3.36. The van der Waals surface area contributed by atoms with E-state index in [1.165, 1.54) is 11.3 Å². The number of H-pyrrole nitrogens is 1. The number of pyridine rings is 1. The third-order valence-electron chi connectivity index (χ3n) is 4.21. The summed E-state index contributed by atoms with van der Waals surface area (Å²) in [5.74, 6) is -0.261. The molecule has 7 heteroatoms. The minimum absolute atomic E-state index is 0.200. The molecule has 0 aliphatic heterocycles. The van der Waals surface area contributed by atoms with Gasteiger partial charge in [0.1, 0.15) is 11.5 Å². The zero-order chi connectivity index (χ0) is 19.5. The predicted octanol–water partition coefficient (Wildman–Crippen LogP) is 3.90. The summed E-state index contributed by atoms with van der Waals surface area (Å²) in [6.45, 7) is 0. The second kappa shape index (κ2) is 7.50. The van der Waals surface area contributed by atoms with Gasteiger partial charge < -0.3 is 16.0 Å². The molecule has 1 aromatic carbocycles. The third-order valence-corrected chi connectivity index (χ3v) is 5.08. The van der Waals surface area contributed by atoms with Gasteiger partial charge in [-0.05, 0) is 35.2 Å². The fourth-order valence-electron chi connectivity index (χ4n) is 2.87. The van der Waals surface area contributed by atoms with Gasteiger partial charge in [-0.3, -0.25) is 9.59 Å². The van der Waals surface area contributed by atoms with Crippen molar-refractivity contribution in [2.45, 2.75) is 0 Å². The van der Waals surface area contributed by atoms with E-state index in [0.29, 0.717) is 21.9 Å². The summed E-state index contributed by atoms with van der Waals surface area (Å²) in [6, 6.07) is 16.4. The highest BCUT2D eigenvalue weighted by molar-refractivity contribution is 7.12. The van der Waals surface area contributed by atoms with Gasteiger partial charge in [-0.2, -0.15) is 0 Å². The van der Waals surface area contributed by atoms with E-state index in [4.69, 9.17) is 5.73 Å². The molecule has 0 radical (unpaired) electrons. The number of hydrogen-bond donors (Lipinski definition) is 3. The van der Waals surface area contributed by atoms with Crippen LogP contribution in [0.25, 0.3) is 22.7 Å². The molecule has 0 saturated heterocycles. The van der Waals surface area contributed by atoms with Crippen LogP contribution in [-0.4, -0.2) is 21.8 Å². The first-order valence-electron chi connectivity index (χ1n) is 8.52. The molecule has 2 amide bonds. The molecule has 0 unspecified atom stereocenters. The van der Waals surface area contributed by atoms with Gasteiger partial charge in [0, 0.05) is 22.7 Å². The van der Waals surface area contributed by atoms with Crippen molar-refractivity contribution in [1.29, 1.82) is 0 Å². The molecule has 138 valence electrons. The van der Waals surface area contributed by atoms with E-state index >= 15 is 0 Å². The molecule has 0 aliphatic rings. The molecule has 0 spiro atoms. The lowest BCUT2D eigenvalue weighted by Gasteiger charge is -2.04. The Morgan fingerprint density at radius 1 is 1.07 bits per heavy atom. The molecule has 28 heavy (non-hydrogen) atoms. The van der Waals surface area contributed by atoms with Crippen LogP contribution >= 0.6 is 11.3 Å². The average molecular weight is 388 g/mol. The Balaban J connectivity index is 1.66.